The summed E-state index contributed by atoms with van der Waals surface area (Å²) in [7, 11) is 0. The quantitative estimate of drug-likeness (QED) is 0.306. The Kier molecular flexibility index (Phi) is 4.89. The normalized spacial score (nSPS) is 19.0. The monoisotopic (exact) mass is 517 g/mol. The van der Waals surface area contributed by atoms with Gasteiger partial charge in [-0.15, -0.1) is 0 Å². The van der Waals surface area contributed by atoms with Crippen LogP contribution in [0.5, 0.6) is 0 Å². The number of nitro benzene ring substituents is 2. The van der Waals surface area contributed by atoms with Gasteiger partial charge in [0.25, 0.3) is 35.0 Å². The van der Waals surface area contributed by atoms with Gasteiger partial charge in [0.1, 0.15) is 6.23 Å². The molecule has 0 radical (unpaired) electrons. The van der Waals surface area contributed by atoms with Crippen LogP contribution in [-0.4, -0.2) is 61.4 Å². The van der Waals surface area contributed by atoms with Gasteiger partial charge in [0, 0.05) is 40.6 Å². The highest BCUT2D eigenvalue weighted by molar-refractivity contribution is 6.39. The summed E-state index contributed by atoms with van der Waals surface area (Å²) in [4.78, 5) is 75.3. The molecule has 0 aliphatic carbocycles. The number of carbonyl (C=O) groups is 4. The van der Waals surface area contributed by atoms with Crippen molar-refractivity contribution in [3.05, 3.63) is 84.9 Å². The molecule has 0 spiro atoms. The van der Waals surface area contributed by atoms with E-state index in [0.717, 1.165) is 17.1 Å². The number of non-ortho nitro benzene ring substituents is 2. The minimum absolute atomic E-state index is 0.0549. The molecule has 3 aliphatic heterocycles. The highest BCUT2D eigenvalue weighted by Crippen LogP contribution is 2.41. The van der Waals surface area contributed by atoms with E-state index in [4.69, 9.17) is 0 Å². The summed E-state index contributed by atoms with van der Waals surface area (Å²) in [5, 5.41) is 35.3. The summed E-state index contributed by atoms with van der Waals surface area (Å²) in [6, 6.07) is 7.72. The van der Waals surface area contributed by atoms with Crippen LogP contribution in [0.3, 0.4) is 0 Å². The van der Waals surface area contributed by atoms with Gasteiger partial charge >= 0.3 is 0 Å². The third kappa shape index (κ3) is 3.07. The van der Waals surface area contributed by atoms with E-state index >= 15 is 0 Å². The molecule has 1 N–H and O–H groups in total. The lowest BCUT2D eigenvalue weighted by Crippen LogP contribution is -2.54. The smallest absolute Gasteiger partial charge is 0.278 e. The molecule has 6 rings (SSSR count). The minimum Gasteiger partial charge on any atom is -0.377 e. The zero-order valence-corrected chi connectivity index (χ0v) is 19.2. The van der Waals surface area contributed by atoms with E-state index < -0.39 is 51.1 Å². The van der Waals surface area contributed by atoms with Crippen molar-refractivity contribution >= 4 is 51.5 Å². The van der Waals surface area contributed by atoms with Crippen molar-refractivity contribution in [1.82, 2.24) is 10.0 Å². The molecule has 14 nitrogen and oxygen atoms in total. The maximum absolute atomic E-state index is 13.5. The number of nitro groups is 2. The standard InChI is InChI=1S/C24H15N5O9/c30-18-2-1-7-25(18)27-23(33)16-5-3-14-19-15(4-6-17(20(16)19)24(27)34)22(32)26(21(14)31)11-8-12(28(35)36)10-13(9-11)29(37)38/h3-6,8-10,18,30H,1-2,7H2. The molecule has 1 atom stereocenters. The van der Waals surface area contributed by atoms with E-state index in [9.17, 15) is 44.5 Å². The largest absolute Gasteiger partial charge is 0.377 e. The van der Waals surface area contributed by atoms with Gasteiger partial charge in [0.2, 0.25) is 0 Å². The molecule has 1 saturated heterocycles. The van der Waals surface area contributed by atoms with Gasteiger partial charge < -0.3 is 5.11 Å². The average Bonchev–Trinajstić information content (AvgIpc) is 3.31. The summed E-state index contributed by atoms with van der Waals surface area (Å²) in [6.07, 6.45) is -0.0631. The van der Waals surface area contributed by atoms with Crippen LogP contribution in [0, 0.1) is 20.2 Å². The Morgan fingerprint density at radius 1 is 0.737 bits per heavy atom. The van der Waals surface area contributed by atoms with E-state index in [0.29, 0.717) is 23.8 Å². The second-order valence-corrected chi connectivity index (χ2v) is 8.95. The first-order valence-corrected chi connectivity index (χ1v) is 11.4. The average molecular weight is 517 g/mol. The number of anilines is 1. The fraction of sp³-hybridized carbons (Fsp3) is 0.167. The molecule has 0 aromatic heterocycles. The van der Waals surface area contributed by atoms with Gasteiger partial charge in [-0.05, 0) is 37.1 Å². The molecule has 3 heterocycles. The van der Waals surface area contributed by atoms with Crippen LogP contribution in [0.15, 0.2) is 42.5 Å². The lowest BCUT2D eigenvalue weighted by molar-refractivity contribution is -0.394. The van der Waals surface area contributed by atoms with E-state index in [1.54, 1.807) is 0 Å². The Hall–Kier alpha value is -5.08. The molecule has 3 aliphatic rings. The number of imide groups is 2. The maximum Gasteiger partial charge on any atom is 0.278 e. The second-order valence-electron chi connectivity index (χ2n) is 8.95. The highest BCUT2D eigenvalue weighted by Gasteiger charge is 2.44. The van der Waals surface area contributed by atoms with Gasteiger partial charge in [0.15, 0.2) is 0 Å². The number of rotatable bonds is 4. The fourth-order valence-corrected chi connectivity index (χ4v) is 5.22. The van der Waals surface area contributed by atoms with Crippen molar-refractivity contribution in [2.45, 2.75) is 19.1 Å². The number of benzene rings is 3. The van der Waals surface area contributed by atoms with Crippen molar-refractivity contribution in [1.29, 1.82) is 0 Å². The fourth-order valence-electron chi connectivity index (χ4n) is 5.22. The molecule has 14 heteroatoms. The molecule has 1 unspecified atom stereocenters. The Morgan fingerprint density at radius 3 is 1.58 bits per heavy atom. The number of aliphatic hydroxyl groups excluding tert-OH is 1. The molecular weight excluding hydrogens is 502 g/mol. The van der Waals surface area contributed by atoms with Crippen molar-refractivity contribution in [2.75, 3.05) is 11.4 Å². The summed E-state index contributed by atoms with van der Waals surface area (Å²) in [6.45, 7) is 0.286. The topological polar surface area (TPSA) is 185 Å². The molecule has 0 saturated carbocycles. The van der Waals surface area contributed by atoms with E-state index in [-0.39, 0.29) is 45.3 Å². The van der Waals surface area contributed by atoms with Crippen molar-refractivity contribution < 1.29 is 34.1 Å². The predicted octanol–water partition coefficient (Wildman–Crippen LogP) is 2.38. The van der Waals surface area contributed by atoms with E-state index in [1.165, 1.54) is 29.3 Å². The Labute approximate surface area is 211 Å². The van der Waals surface area contributed by atoms with Gasteiger partial charge in [-0.2, -0.15) is 10.0 Å². The molecule has 1 fully saturated rings. The van der Waals surface area contributed by atoms with Crippen LogP contribution in [0.4, 0.5) is 17.1 Å². The van der Waals surface area contributed by atoms with E-state index in [1.807, 2.05) is 0 Å². The van der Waals surface area contributed by atoms with Gasteiger partial charge in [-0.1, -0.05) is 0 Å². The minimum atomic E-state index is -1.02. The van der Waals surface area contributed by atoms with Crippen molar-refractivity contribution in [3.63, 3.8) is 0 Å². The lowest BCUT2D eigenvalue weighted by Gasteiger charge is -2.36. The number of aliphatic hydroxyl groups is 1. The van der Waals surface area contributed by atoms with Crippen LogP contribution in [0.25, 0.3) is 10.8 Å². The number of amides is 4. The zero-order chi connectivity index (χ0) is 27.0. The van der Waals surface area contributed by atoms with Gasteiger partial charge in [0.05, 0.1) is 32.7 Å². The first-order valence-electron chi connectivity index (χ1n) is 11.4. The third-order valence-electron chi connectivity index (χ3n) is 6.89. The van der Waals surface area contributed by atoms with Crippen LogP contribution in [-0.2, 0) is 0 Å². The predicted molar refractivity (Wildman–Crippen MR) is 127 cm³/mol. The first-order chi connectivity index (χ1) is 18.1. The van der Waals surface area contributed by atoms with E-state index in [2.05, 4.69) is 0 Å². The Bertz CT molecular complexity index is 1580. The first kappa shape index (κ1) is 23.3. The zero-order valence-electron chi connectivity index (χ0n) is 19.2. The van der Waals surface area contributed by atoms with Gasteiger partial charge in [-0.3, -0.25) is 39.4 Å². The second kappa shape index (κ2) is 7.96. The molecule has 190 valence electrons. The van der Waals surface area contributed by atoms with Gasteiger partial charge in [-0.25, -0.2) is 4.90 Å². The number of hydrogen-bond donors (Lipinski definition) is 1. The van der Waals surface area contributed by atoms with Crippen LogP contribution in [0.2, 0.25) is 0 Å². The number of hydrogen-bond acceptors (Lipinski definition) is 10. The molecule has 38 heavy (non-hydrogen) atoms. The molecule has 4 amide bonds. The van der Waals surface area contributed by atoms with Crippen LogP contribution in [0.1, 0.15) is 54.3 Å². The van der Waals surface area contributed by atoms with Crippen molar-refractivity contribution in [3.8, 4) is 0 Å². The molecule has 3 aromatic rings. The summed E-state index contributed by atoms with van der Waals surface area (Å²) < 4.78 is 0. The highest BCUT2D eigenvalue weighted by atomic mass is 16.6. The number of nitrogens with zero attached hydrogens (tertiary/aromatic N) is 5. The van der Waals surface area contributed by atoms with Crippen LogP contribution < -0.4 is 4.90 Å². The lowest BCUT2D eigenvalue weighted by atomic mass is 9.86. The van der Waals surface area contributed by atoms with Crippen LogP contribution >= 0.6 is 0 Å². The maximum atomic E-state index is 13.5. The number of carbonyl (C=O) groups excluding carboxylic acids is 4. The number of hydrazine groups is 1. The Morgan fingerprint density at radius 2 is 1.18 bits per heavy atom. The third-order valence-corrected chi connectivity index (χ3v) is 6.89. The molecule has 0 bridgehead atoms. The molecular formula is C24H15N5O9. The SMILES string of the molecule is O=C1c2ccc3c4c(ccc(c24)C(=O)N1c1cc([N+](=O)[O-])cc([N+](=O)[O-])c1)C(=O)N(N1CCCC1O)C3=O. The van der Waals surface area contributed by atoms with Crippen molar-refractivity contribution in [2.24, 2.45) is 0 Å². The summed E-state index contributed by atoms with van der Waals surface area (Å²) >= 11 is 0. The summed E-state index contributed by atoms with van der Waals surface area (Å²) in [5.74, 6) is -3.30. The Balaban J connectivity index is 1.52. The summed E-state index contributed by atoms with van der Waals surface area (Å²) in [5.41, 5.74) is -1.77. The molecule has 3 aromatic carbocycles.